The van der Waals surface area contributed by atoms with E-state index >= 15 is 0 Å². The van der Waals surface area contributed by atoms with Crippen molar-refractivity contribution in [1.29, 1.82) is 0 Å². The number of benzene rings is 2. The van der Waals surface area contributed by atoms with Crippen molar-refractivity contribution in [3.8, 4) is 5.75 Å². The second-order valence-electron chi connectivity index (χ2n) is 6.35. The average Bonchev–Trinajstić information content (AvgIpc) is 3.04. The number of carbonyl (C=O) groups excluding carboxylic acids is 3. The first-order valence-corrected chi connectivity index (χ1v) is 8.82. The number of halogens is 1. The number of hydrogen-bond donors (Lipinski definition) is 1. The summed E-state index contributed by atoms with van der Waals surface area (Å²) in [5.41, 5.74) is 1.80. The molecule has 1 unspecified atom stereocenters. The highest BCUT2D eigenvalue weighted by molar-refractivity contribution is 6.32. The van der Waals surface area contributed by atoms with Gasteiger partial charge in [-0.05, 0) is 49.4 Å². The van der Waals surface area contributed by atoms with Gasteiger partial charge in [-0.1, -0.05) is 11.6 Å². The van der Waals surface area contributed by atoms with E-state index in [-0.39, 0.29) is 30.6 Å². The van der Waals surface area contributed by atoms with Gasteiger partial charge in [0.1, 0.15) is 5.75 Å². The fourth-order valence-electron chi connectivity index (χ4n) is 3.00. The van der Waals surface area contributed by atoms with E-state index in [0.29, 0.717) is 27.7 Å². The molecule has 1 atom stereocenters. The number of ether oxygens (including phenoxy) is 1. The van der Waals surface area contributed by atoms with Gasteiger partial charge in [0.15, 0.2) is 5.78 Å². The first kappa shape index (κ1) is 18.9. The maximum atomic E-state index is 12.5. The number of nitrogens with one attached hydrogen (secondary N) is 1. The highest BCUT2D eigenvalue weighted by Gasteiger charge is 2.35. The van der Waals surface area contributed by atoms with Crippen LogP contribution in [0.3, 0.4) is 0 Å². The Morgan fingerprint density at radius 3 is 2.48 bits per heavy atom. The van der Waals surface area contributed by atoms with E-state index in [4.69, 9.17) is 16.3 Å². The number of carbonyl (C=O) groups is 3. The molecule has 2 aromatic carbocycles. The van der Waals surface area contributed by atoms with Crippen molar-refractivity contribution in [2.75, 3.05) is 23.9 Å². The van der Waals surface area contributed by atoms with Gasteiger partial charge in [-0.15, -0.1) is 0 Å². The van der Waals surface area contributed by atoms with Gasteiger partial charge in [0, 0.05) is 29.9 Å². The van der Waals surface area contributed by atoms with Crippen LogP contribution >= 0.6 is 11.6 Å². The van der Waals surface area contributed by atoms with Crippen LogP contribution in [-0.4, -0.2) is 31.3 Å². The van der Waals surface area contributed by atoms with Crippen LogP contribution in [0.15, 0.2) is 42.5 Å². The van der Waals surface area contributed by atoms with Crippen molar-refractivity contribution in [2.45, 2.75) is 13.3 Å². The van der Waals surface area contributed by atoms with Gasteiger partial charge in [0.05, 0.1) is 18.1 Å². The number of methoxy groups -OCH3 is 1. The number of hydrogen-bond acceptors (Lipinski definition) is 4. The molecule has 1 heterocycles. The van der Waals surface area contributed by atoms with Gasteiger partial charge in [0.2, 0.25) is 11.8 Å². The molecule has 0 spiro atoms. The minimum absolute atomic E-state index is 0.0373. The maximum absolute atomic E-state index is 12.5. The highest BCUT2D eigenvalue weighted by Crippen LogP contribution is 2.29. The molecule has 2 amide bonds. The molecule has 7 heteroatoms. The summed E-state index contributed by atoms with van der Waals surface area (Å²) in [5, 5.41) is 3.18. The summed E-state index contributed by atoms with van der Waals surface area (Å²) >= 11 is 6.07. The number of rotatable bonds is 5. The summed E-state index contributed by atoms with van der Waals surface area (Å²) in [5.74, 6) is -0.354. The van der Waals surface area contributed by atoms with Crippen molar-refractivity contribution in [3.05, 3.63) is 53.1 Å². The topological polar surface area (TPSA) is 75.7 Å². The Hall–Kier alpha value is -2.86. The molecule has 1 fully saturated rings. The summed E-state index contributed by atoms with van der Waals surface area (Å²) in [6.45, 7) is 1.77. The fourth-order valence-corrected chi connectivity index (χ4v) is 3.25. The smallest absolute Gasteiger partial charge is 0.229 e. The molecule has 140 valence electrons. The molecule has 27 heavy (non-hydrogen) atoms. The van der Waals surface area contributed by atoms with E-state index in [2.05, 4.69) is 5.32 Å². The molecule has 1 saturated heterocycles. The summed E-state index contributed by atoms with van der Waals surface area (Å²) in [6, 6.07) is 11.8. The number of nitrogens with zero attached hydrogens (tertiary/aromatic N) is 1. The van der Waals surface area contributed by atoms with E-state index in [1.165, 1.54) is 14.0 Å². The Kier molecular flexibility index (Phi) is 5.46. The van der Waals surface area contributed by atoms with E-state index in [1.54, 1.807) is 47.4 Å². The fraction of sp³-hybridized carbons (Fsp3) is 0.250. The minimum atomic E-state index is -0.467. The van der Waals surface area contributed by atoms with E-state index in [9.17, 15) is 14.4 Å². The molecule has 3 rings (SSSR count). The summed E-state index contributed by atoms with van der Waals surface area (Å²) in [6.07, 6.45) is 0.129. The molecular formula is C20H19ClN2O4. The molecular weight excluding hydrogens is 368 g/mol. The minimum Gasteiger partial charge on any atom is -0.495 e. The lowest BCUT2D eigenvalue weighted by atomic mass is 10.1. The monoisotopic (exact) mass is 386 g/mol. The molecule has 6 nitrogen and oxygen atoms in total. The third-order valence-corrected chi connectivity index (χ3v) is 4.80. The normalized spacial score (nSPS) is 16.3. The van der Waals surface area contributed by atoms with Crippen LogP contribution in [0, 0.1) is 5.92 Å². The van der Waals surface area contributed by atoms with E-state index in [0.717, 1.165) is 0 Å². The lowest BCUT2D eigenvalue weighted by Crippen LogP contribution is -2.28. The molecule has 0 bridgehead atoms. The van der Waals surface area contributed by atoms with Gasteiger partial charge in [-0.2, -0.15) is 0 Å². The molecule has 2 aromatic rings. The van der Waals surface area contributed by atoms with Gasteiger partial charge in [-0.25, -0.2) is 0 Å². The molecule has 0 aliphatic carbocycles. The molecule has 1 aliphatic heterocycles. The van der Waals surface area contributed by atoms with Crippen LogP contribution < -0.4 is 15.0 Å². The largest absolute Gasteiger partial charge is 0.495 e. The zero-order chi connectivity index (χ0) is 19.6. The number of amides is 2. The Morgan fingerprint density at radius 1 is 1.19 bits per heavy atom. The Labute approximate surface area is 162 Å². The zero-order valence-electron chi connectivity index (χ0n) is 15.0. The van der Waals surface area contributed by atoms with Crippen molar-refractivity contribution < 1.29 is 19.1 Å². The molecule has 0 aromatic heterocycles. The summed E-state index contributed by atoms with van der Waals surface area (Å²) in [4.78, 5) is 37.8. The average molecular weight is 387 g/mol. The number of Topliss-reactive ketones (excluding diaryl/α,β-unsaturated/α-hetero) is 1. The van der Waals surface area contributed by atoms with Gasteiger partial charge in [0.25, 0.3) is 0 Å². The molecule has 1 aliphatic rings. The Balaban J connectivity index is 1.68. The van der Waals surface area contributed by atoms with Gasteiger partial charge in [-0.3, -0.25) is 14.4 Å². The van der Waals surface area contributed by atoms with Crippen LogP contribution in [-0.2, 0) is 9.59 Å². The van der Waals surface area contributed by atoms with Crippen LogP contribution in [0.5, 0.6) is 5.75 Å². The van der Waals surface area contributed by atoms with Crippen molar-refractivity contribution in [2.24, 2.45) is 5.92 Å². The van der Waals surface area contributed by atoms with Crippen molar-refractivity contribution in [3.63, 3.8) is 0 Å². The van der Waals surface area contributed by atoms with Crippen LogP contribution in [0.4, 0.5) is 11.4 Å². The second-order valence-corrected chi connectivity index (χ2v) is 6.75. The summed E-state index contributed by atoms with van der Waals surface area (Å²) in [7, 11) is 1.52. The third kappa shape index (κ3) is 4.11. The highest BCUT2D eigenvalue weighted by atomic mass is 35.5. The van der Waals surface area contributed by atoms with Gasteiger partial charge < -0.3 is 15.0 Å². The first-order valence-electron chi connectivity index (χ1n) is 8.45. The van der Waals surface area contributed by atoms with Crippen molar-refractivity contribution in [1.82, 2.24) is 0 Å². The SMILES string of the molecule is COc1ccc(NC(=O)C2CC(=O)N(c3ccc(C(C)=O)cc3)C2)cc1Cl. The maximum Gasteiger partial charge on any atom is 0.229 e. The van der Waals surface area contributed by atoms with Crippen LogP contribution in [0.25, 0.3) is 0 Å². The lowest BCUT2D eigenvalue weighted by molar-refractivity contribution is -0.122. The molecule has 0 radical (unpaired) electrons. The third-order valence-electron chi connectivity index (χ3n) is 4.50. The Morgan fingerprint density at radius 2 is 1.89 bits per heavy atom. The zero-order valence-corrected chi connectivity index (χ0v) is 15.7. The molecule has 0 saturated carbocycles. The van der Waals surface area contributed by atoms with Crippen LogP contribution in [0.1, 0.15) is 23.7 Å². The number of anilines is 2. The lowest BCUT2D eigenvalue weighted by Gasteiger charge is -2.17. The molecule has 1 N–H and O–H groups in total. The van der Waals surface area contributed by atoms with E-state index < -0.39 is 5.92 Å². The quantitative estimate of drug-likeness (QED) is 0.797. The predicted molar refractivity (Wildman–Crippen MR) is 104 cm³/mol. The first-order chi connectivity index (χ1) is 12.9. The van der Waals surface area contributed by atoms with Gasteiger partial charge >= 0.3 is 0 Å². The Bertz CT molecular complexity index is 895. The second kappa shape index (κ2) is 7.80. The van der Waals surface area contributed by atoms with Crippen molar-refractivity contribution >= 4 is 40.6 Å². The predicted octanol–water partition coefficient (Wildman–Crippen LogP) is 3.54. The number of ketones is 1. The van der Waals surface area contributed by atoms with Crippen LogP contribution in [0.2, 0.25) is 5.02 Å². The summed E-state index contributed by atoms with van der Waals surface area (Å²) < 4.78 is 5.09. The van der Waals surface area contributed by atoms with E-state index in [1.807, 2.05) is 0 Å². The standard InChI is InChI=1S/C20H19ClN2O4/c1-12(24)13-3-6-16(7-4-13)23-11-14(9-19(23)25)20(26)22-15-5-8-18(27-2)17(21)10-15/h3-8,10,14H,9,11H2,1-2H3,(H,22,26).